The van der Waals surface area contributed by atoms with E-state index in [9.17, 15) is 0 Å². The van der Waals surface area contributed by atoms with Crippen molar-refractivity contribution in [2.45, 2.75) is 77.8 Å². The molecule has 38 heavy (non-hydrogen) atoms. The zero-order chi connectivity index (χ0) is 26.9. The Morgan fingerprint density at radius 1 is 0.711 bits per heavy atom. The Bertz CT molecular complexity index is 1530. The second-order valence-electron chi connectivity index (χ2n) is 10.2. The van der Waals surface area contributed by atoms with Crippen LogP contribution in [0.4, 0.5) is 0 Å². The van der Waals surface area contributed by atoms with Gasteiger partial charge in [-0.25, -0.2) is 19.9 Å². The molecule has 0 bridgehead atoms. The number of fused-ring (bicyclic) bond motifs is 4. The van der Waals surface area contributed by atoms with E-state index in [0.717, 1.165) is 86.1 Å². The highest BCUT2D eigenvalue weighted by molar-refractivity contribution is 6.87. The number of rotatable bonds is 6. The van der Waals surface area contributed by atoms with Crippen molar-refractivity contribution in [2.75, 3.05) is 0 Å². The molecule has 0 aliphatic carbocycles. The first-order valence-electron chi connectivity index (χ1n) is 14.0. The van der Waals surface area contributed by atoms with Crippen LogP contribution in [0.5, 0.6) is 0 Å². The van der Waals surface area contributed by atoms with Crippen LogP contribution < -0.4 is 0 Å². The molecular formula is C30H36N6Si2. The minimum Gasteiger partial charge on any atom is -0.350 e. The number of hydrogen-bond acceptors (Lipinski definition) is 4. The molecule has 0 unspecified atom stereocenters. The van der Waals surface area contributed by atoms with E-state index in [-0.39, 0.29) is 0 Å². The maximum atomic E-state index is 5.09. The van der Waals surface area contributed by atoms with Crippen LogP contribution in [-0.2, 0) is 0 Å². The Labute approximate surface area is 226 Å². The van der Waals surface area contributed by atoms with E-state index >= 15 is 0 Å². The molecule has 0 fully saturated rings. The molecular weight excluding hydrogens is 501 g/mol. The minimum atomic E-state index is -1.71. The maximum Gasteiger partial charge on any atom is 0.178 e. The van der Waals surface area contributed by atoms with Gasteiger partial charge in [-0.2, -0.15) is 0 Å². The van der Waals surface area contributed by atoms with E-state index in [1.807, 2.05) is 18.3 Å². The van der Waals surface area contributed by atoms with Crippen LogP contribution in [0.2, 0.25) is 36.3 Å². The molecule has 0 saturated heterocycles. The van der Waals surface area contributed by atoms with Gasteiger partial charge >= 0.3 is 0 Å². The van der Waals surface area contributed by atoms with Gasteiger partial charge in [0.15, 0.2) is 11.3 Å². The summed E-state index contributed by atoms with van der Waals surface area (Å²) in [7, 11) is -3.43. The summed E-state index contributed by atoms with van der Waals surface area (Å²) in [5, 5.41) is 0. The van der Waals surface area contributed by atoms with Gasteiger partial charge in [-0.05, 0) is 48.4 Å². The van der Waals surface area contributed by atoms with Gasteiger partial charge in [-0.3, -0.25) is 0 Å². The molecule has 0 spiro atoms. The van der Waals surface area contributed by atoms with Gasteiger partial charge in [0.05, 0.1) is 22.2 Å². The quantitative estimate of drug-likeness (QED) is 0.135. The van der Waals surface area contributed by atoms with Crippen LogP contribution >= 0.6 is 0 Å². The summed E-state index contributed by atoms with van der Waals surface area (Å²) in [6.07, 6.45) is 3.67. The fraction of sp³-hybridized carbons (Fsp3) is 0.400. The predicted molar refractivity (Wildman–Crippen MR) is 164 cm³/mol. The fourth-order valence-corrected chi connectivity index (χ4v) is 10.2. The van der Waals surface area contributed by atoms with E-state index < -0.39 is 16.1 Å². The van der Waals surface area contributed by atoms with Crippen molar-refractivity contribution >= 4 is 60.5 Å². The first kappa shape index (κ1) is 26.2. The van der Waals surface area contributed by atoms with Crippen LogP contribution in [0.25, 0.3) is 44.4 Å². The van der Waals surface area contributed by atoms with E-state index in [4.69, 9.17) is 15.0 Å². The highest BCUT2D eigenvalue weighted by Crippen LogP contribution is 2.32. The molecule has 0 aliphatic rings. The number of aromatic nitrogens is 6. The lowest BCUT2D eigenvalue weighted by Crippen LogP contribution is -2.29. The lowest BCUT2D eigenvalue weighted by atomic mass is 10.0. The molecule has 5 aromatic rings. The van der Waals surface area contributed by atoms with Crippen molar-refractivity contribution in [2.24, 2.45) is 0 Å². The zero-order valence-corrected chi connectivity index (χ0v) is 25.3. The van der Waals surface area contributed by atoms with E-state index in [0.29, 0.717) is 5.65 Å². The smallest absolute Gasteiger partial charge is 0.178 e. The summed E-state index contributed by atoms with van der Waals surface area (Å²) in [5.74, 6) is 7.26. The van der Waals surface area contributed by atoms with Crippen LogP contribution in [0, 0.1) is 22.9 Å². The second kappa shape index (κ2) is 10.4. The van der Waals surface area contributed by atoms with Crippen molar-refractivity contribution in [1.29, 1.82) is 0 Å². The largest absolute Gasteiger partial charge is 0.350 e. The Morgan fingerprint density at radius 3 is 1.95 bits per heavy atom. The highest BCUT2D eigenvalue weighted by atomic mass is 28.3. The monoisotopic (exact) mass is 536 g/mol. The molecule has 1 aromatic carbocycles. The molecule has 0 atom stereocenters. The Morgan fingerprint density at radius 2 is 1.32 bits per heavy atom. The molecule has 0 radical (unpaired) electrons. The van der Waals surface area contributed by atoms with E-state index in [1.165, 1.54) is 0 Å². The van der Waals surface area contributed by atoms with Gasteiger partial charge in [-0.15, -0.1) is 11.1 Å². The molecule has 0 saturated carbocycles. The number of nitrogens with zero attached hydrogens (tertiary/aromatic N) is 4. The van der Waals surface area contributed by atoms with Gasteiger partial charge in [0, 0.05) is 12.4 Å². The Hall–Kier alpha value is -3.47. The van der Waals surface area contributed by atoms with Gasteiger partial charge in [-0.1, -0.05) is 53.4 Å². The third-order valence-corrected chi connectivity index (χ3v) is 18.1. The summed E-state index contributed by atoms with van der Waals surface area (Å²) < 4.78 is 0. The average Bonchev–Trinajstić information content (AvgIpc) is 3.62. The number of hydrogen-bond donors (Lipinski definition) is 2. The van der Waals surface area contributed by atoms with Crippen molar-refractivity contribution in [3.8, 4) is 22.9 Å². The summed E-state index contributed by atoms with van der Waals surface area (Å²) in [4.78, 5) is 26.5. The molecule has 8 heteroatoms. The molecule has 4 aromatic heterocycles. The van der Waals surface area contributed by atoms with Gasteiger partial charge in [0.2, 0.25) is 0 Å². The molecule has 4 heterocycles. The third-order valence-electron chi connectivity index (χ3n) is 8.70. The van der Waals surface area contributed by atoms with Crippen LogP contribution in [0.1, 0.15) is 52.7 Å². The second-order valence-corrected chi connectivity index (χ2v) is 20.1. The fourth-order valence-electron chi connectivity index (χ4n) is 5.34. The molecule has 6 nitrogen and oxygen atoms in total. The van der Waals surface area contributed by atoms with Gasteiger partial charge in [0.1, 0.15) is 38.2 Å². The van der Waals surface area contributed by atoms with Gasteiger partial charge in [0.25, 0.3) is 0 Å². The predicted octanol–water partition coefficient (Wildman–Crippen LogP) is 7.33. The number of H-pyrrole nitrogens is 2. The van der Waals surface area contributed by atoms with Crippen LogP contribution in [0.3, 0.4) is 0 Å². The topological polar surface area (TPSA) is 83.1 Å². The maximum absolute atomic E-state index is 5.09. The highest BCUT2D eigenvalue weighted by Gasteiger charge is 2.27. The minimum absolute atomic E-state index is 0.638. The Kier molecular flexibility index (Phi) is 7.13. The molecule has 194 valence electrons. The van der Waals surface area contributed by atoms with Gasteiger partial charge < -0.3 is 9.97 Å². The standard InChI is InChI=1S/C30H36N6Si2/c1-7-37(8-2,9-3)19-15-21-25-28(36-30-23(33-25)13-17-32-30)22(16-20-38(10-4,11-5)12-6)26-27(21)35-29-24(34-26)14-18-31-29/h13-14,17-18,31,34H,7-12H2,1-6H3. The van der Waals surface area contributed by atoms with E-state index in [2.05, 4.69) is 79.4 Å². The van der Waals surface area contributed by atoms with Crippen LogP contribution in [-0.4, -0.2) is 46.1 Å². The normalized spacial score (nSPS) is 12.2. The number of nitrogens with one attached hydrogen (secondary N) is 2. The van der Waals surface area contributed by atoms with Crippen molar-refractivity contribution < 1.29 is 0 Å². The number of benzene rings is 1. The third kappa shape index (κ3) is 4.32. The average molecular weight is 537 g/mol. The first-order chi connectivity index (χ1) is 18.5. The van der Waals surface area contributed by atoms with Crippen molar-refractivity contribution in [3.05, 3.63) is 35.7 Å². The zero-order valence-electron chi connectivity index (χ0n) is 23.3. The lowest BCUT2D eigenvalue weighted by Gasteiger charge is -2.20. The van der Waals surface area contributed by atoms with Crippen LogP contribution in [0.15, 0.2) is 24.5 Å². The molecule has 0 aliphatic heterocycles. The molecule has 2 N–H and O–H groups in total. The van der Waals surface area contributed by atoms with Crippen molar-refractivity contribution in [3.63, 3.8) is 0 Å². The molecule has 0 amide bonds. The summed E-state index contributed by atoms with van der Waals surface area (Å²) in [6.45, 7) is 13.7. The molecule has 5 rings (SSSR count). The van der Waals surface area contributed by atoms with E-state index in [1.54, 1.807) is 6.20 Å². The summed E-state index contributed by atoms with van der Waals surface area (Å²) in [6, 6.07) is 10.7. The lowest BCUT2D eigenvalue weighted by molar-refractivity contribution is 1.20. The summed E-state index contributed by atoms with van der Waals surface area (Å²) in [5.41, 5.74) is 15.6. The number of aromatic amines is 2. The van der Waals surface area contributed by atoms with Crippen molar-refractivity contribution in [1.82, 2.24) is 29.9 Å². The first-order valence-corrected chi connectivity index (χ1v) is 19.2. The SMILES string of the molecule is CC[Si](C#Cc1c2nc3ccnc3nc2c(C#C[Si](CC)(CC)CC)c2[nH]c3cc[nH]c3nc12)(CC)CC. The Balaban J connectivity index is 1.96. The summed E-state index contributed by atoms with van der Waals surface area (Å²) >= 11 is 0.